The monoisotopic (exact) mass is 469 g/mol. The van der Waals surface area contributed by atoms with Crippen molar-refractivity contribution >= 4 is 27.8 Å². The van der Waals surface area contributed by atoms with Gasteiger partial charge >= 0.3 is 0 Å². The lowest BCUT2D eigenvalue weighted by molar-refractivity contribution is 0.117. The summed E-state index contributed by atoms with van der Waals surface area (Å²) in [7, 11) is -2.32. The zero-order chi connectivity index (χ0) is 23.8. The summed E-state index contributed by atoms with van der Waals surface area (Å²) in [6, 6.07) is 7.67. The van der Waals surface area contributed by atoms with Crippen molar-refractivity contribution < 1.29 is 17.9 Å². The van der Waals surface area contributed by atoms with Gasteiger partial charge in [-0.2, -0.15) is 5.10 Å². The van der Waals surface area contributed by atoms with Crippen LogP contribution in [0.25, 0.3) is 5.70 Å². The lowest BCUT2D eigenvalue weighted by Gasteiger charge is -2.26. The van der Waals surface area contributed by atoms with Gasteiger partial charge in [0.1, 0.15) is 23.0 Å². The van der Waals surface area contributed by atoms with E-state index in [1.807, 2.05) is 18.2 Å². The average molecular weight is 470 g/mol. The van der Waals surface area contributed by atoms with E-state index in [2.05, 4.69) is 14.8 Å². The Labute approximate surface area is 193 Å². The van der Waals surface area contributed by atoms with E-state index in [0.29, 0.717) is 35.1 Å². The summed E-state index contributed by atoms with van der Waals surface area (Å²) in [6.45, 7) is 5.22. The van der Waals surface area contributed by atoms with Gasteiger partial charge in [0.15, 0.2) is 5.72 Å². The summed E-state index contributed by atoms with van der Waals surface area (Å²) in [4.78, 5) is 4.60. The first-order valence-electron chi connectivity index (χ1n) is 10.4. The summed E-state index contributed by atoms with van der Waals surface area (Å²) in [6.07, 6.45) is 8.18. The van der Waals surface area contributed by atoms with Crippen LogP contribution in [0, 0.1) is 6.92 Å². The van der Waals surface area contributed by atoms with Crippen molar-refractivity contribution in [3.05, 3.63) is 65.6 Å². The quantitative estimate of drug-likeness (QED) is 0.601. The van der Waals surface area contributed by atoms with Crippen LogP contribution in [0.4, 0.5) is 5.82 Å². The van der Waals surface area contributed by atoms with Crippen molar-refractivity contribution in [1.29, 1.82) is 0 Å². The van der Waals surface area contributed by atoms with Gasteiger partial charge in [0.2, 0.25) is 0 Å². The maximum atomic E-state index is 13.2. The number of aromatic nitrogens is 2. The van der Waals surface area contributed by atoms with E-state index < -0.39 is 15.7 Å². The molecule has 9 nitrogen and oxygen atoms in total. The number of aliphatic imine (C=N–C) groups is 1. The number of anilines is 1. The molecular weight excluding hydrogens is 442 g/mol. The van der Waals surface area contributed by atoms with Crippen LogP contribution < -0.4 is 15.2 Å². The molecule has 0 spiro atoms. The summed E-state index contributed by atoms with van der Waals surface area (Å²) in [5.41, 5.74) is 7.19. The summed E-state index contributed by atoms with van der Waals surface area (Å²) in [5.74, 6) is 1.38. The highest BCUT2D eigenvalue weighted by Gasteiger charge is 2.29. The second-order valence-corrected chi connectivity index (χ2v) is 10.0. The zero-order valence-electron chi connectivity index (χ0n) is 18.9. The molecule has 1 aromatic heterocycles. The SMILES string of the molecule is COC1=CCC2N=CC=CC2=C1n1nc(C)cc1NS(=O)(=O)c1ccc(OC(C)(C)N)cc1. The third-order valence-corrected chi connectivity index (χ3v) is 6.41. The van der Waals surface area contributed by atoms with E-state index >= 15 is 0 Å². The van der Waals surface area contributed by atoms with Crippen molar-refractivity contribution in [1.82, 2.24) is 9.78 Å². The Bertz CT molecular complexity index is 1280. The molecule has 1 aromatic carbocycles. The number of rotatable bonds is 7. The number of ether oxygens (including phenoxy) is 2. The minimum Gasteiger partial charge on any atom is -0.495 e. The Balaban J connectivity index is 1.70. The van der Waals surface area contributed by atoms with Crippen LogP contribution in [-0.2, 0) is 14.8 Å². The molecule has 1 unspecified atom stereocenters. The first-order chi connectivity index (χ1) is 15.6. The molecule has 0 amide bonds. The van der Waals surface area contributed by atoms with Crippen LogP contribution in [-0.4, -0.2) is 43.3 Å². The minimum atomic E-state index is -3.90. The zero-order valence-corrected chi connectivity index (χ0v) is 19.8. The molecule has 1 aliphatic carbocycles. The van der Waals surface area contributed by atoms with Gasteiger partial charge in [-0.05, 0) is 63.6 Å². The fourth-order valence-electron chi connectivity index (χ4n) is 3.71. The molecule has 2 aromatic rings. The van der Waals surface area contributed by atoms with Crippen LogP contribution in [0.15, 0.2) is 69.8 Å². The van der Waals surface area contributed by atoms with Crippen LogP contribution in [0.1, 0.15) is 26.0 Å². The second-order valence-electron chi connectivity index (χ2n) is 8.35. The second kappa shape index (κ2) is 8.53. The highest BCUT2D eigenvalue weighted by Crippen LogP contribution is 2.35. The molecule has 1 aliphatic heterocycles. The molecule has 174 valence electrons. The predicted molar refractivity (Wildman–Crippen MR) is 127 cm³/mol. The number of dihydropyridines is 1. The molecule has 0 saturated carbocycles. The van der Waals surface area contributed by atoms with Crippen molar-refractivity contribution in [2.45, 2.75) is 43.9 Å². The summed E-state index contributed by atoms with van der Waals surface area (Å²) in [5, 5.41) is 4.55. The average Bonchev–Trinajstić information content (AvgIpc) is 3.10. The molecular formula is C23H27N5O4S. The maximum absolute atomic E-state index is 13.2. The molecule has 0 fully saturated rings. The molecule has 33 heavy (non-hydrogen) atoms. The Kier molecular flexibility index (Phi) is 5.89. The van der Waals surface area contributed by atoms with Gasteiger partial charge < -0.3 is 9.47 Å². The number of benzene rings is 1. The Morgan fingerprint density at radius 1 is 1.24 bits per heavy atom. The van der Waals surface area contributed by atoms with Crippen molar-refractivity contribution in [2.75, 3.05) is 11.8 Å². The minimum absolute atomic E-state index is 0.0720. The third kappa shape index (κ3) is 4.86. The molecule has 0 radical (unpaired) electrons. The van der Waals surface area contributed by atoms with Crippen molar-refractivity contribution in [3.8, 4) is 5.75 Å². The Morgan fingerprint density at radius 2 is 1.97 bits per heavy atom. The number of nitrogens with one attached hydrogen (secondary N) is 1. The molecule has 10 heteroatoms. The molecule has 1 atom stereocenters. The molecule has 0 saturated heterocycles. The van der Waals surface area contributed by atoms with Crippen LogP contribution in [0.5, 0.6) is 5.75 Å². The predicted octanol–water partition coefficient (Wildman–Crippen LogP) is 3.22. The fraction of sp³-hybridized carbons (Fsp3) is 0.304. The van der Waals surface area contributed by atoms with E-state index in [1.54, 1.807) is 57.0 Å². The van der Waals surface area contributed by atoms with Gasteiger partial charge in [-0.1, -0.05) is 6.08 Å². The standard InChI is InChI=1S/C23H27N5O4S/c1-15-14-21(27-33(29,30)17-9-7-16(8-10-17)32-23(2,3)24)28(26-15)22-18-6-5-13-25-19(18)11-12-20(22)31-4/h5-10,12-14,19,27H,11,24H2,1-4H3. The van der Waals surface area contributed by atoms with Gasteiger partial charge in [-0.15, -0.1) is 0 Å². The lowest BCUT2D eigenvalue weighted by Crippen LogP contribution is -2.38. The van der Waals surface area contributed by atoms with E-state index in [1.165, 1.54) is 12.1 Å². The number of sulfonamides is 1. The van der Waals surface area contributed by atoms with Gasteiger partial charge in [-0.25, -0.2) is 13.1 Å². The first-order valence-corrected chi connectivity index (χ1v) is 11.9. The number of hydrogen-bond acceptors (Lipinski definition) is 7. The van der Waals surface area contributed by atoms with Gasteiger partial charge in [0.05, 0.1) is 23.7 Å². The van der Waals surface area contributed by atoms with Crippen molar-refractivity contribution in [2.24, 2.45) is 10.7 Å². The van der Waals surface area contributed by atoms with Gasteiger partial charge in [-0.3, -0.25) is 15.4 Å². The van der Waals surface area contributed by atoms with E-state index in [4.69, 9.17) is 15.2 Å². The van der Waals surface area contributed by atoms with Crippen LogP contribution >= 0.6 is 0 Å². The molecule has 0 bridgehead atoms. The number of nitrogens with two attached hydrogens (primary N) is 1. The van der Waals surface area contributed by atoms with E-state index in [-0.39, 0.29) is 10.9 Å². The van der Waals surface area contributed by atoms with E-state index in [9.17, 15) is 8.42 Å². The van der Waals surface area contributed by atoms with E-state index in [0.717, 1.165) is 5.57 Å². The highest BCUT2D eigenvalue weighted by atomic mass is 32.2. The Hall–Kier alpha value is -3.37. The maximum Gasteiger partial charge on any atom is 0.263 e. The highest BCUT2D eigenvalue weighted by molar-refractivity contribution is 7.92. The number of methoxy groups -OCH3 is 1. The largest absolute Gasteiger partial charge is 0.495 e. The summed E-state index contributed by atoms with van der Waals surface area (Å²) >= 11 is 0. The van der Waals surface area contributed by atoms with Crippen LogP contribution in [0.2, 0.25) is 0 Å². The van der Waals surface area contributed by atoms with Gasteiger partial charge in [0.25, 0.3) is 10.0 Å². The summed E-state index contributed by atoms with van der Waals surface area (Å²) < 4.78 is 41.7. The smallest absolute Gasteiger partial charge is 0.263 e. The number of hydrogen-bond donors (Lipinski definition) is 2. The molecule has 3 N–H and O–H groups in total. The molecule has 2 heterocycles. The van der Waals surface area contributed by atoms with Gasteiger partial charge in [0, 0.05) is 17.9 Å². The van der Waals surface area contributed by atoms with Crippen LogP contribution in [0.3, 0.4) is 0 Å². The normalized spacial score (nSPS) is 18.1. The van der Waals surface area contributed by atoms with Crippen molar-refractivity contribution in [3.63, 3.8) is 0 Å². The fourth-order valence-corrected chi connectivity index (χ4v) is 4.74. The molecule has 4 rings (SSSR count). The number of allylic oxidation sites excluding steroid dienone is 2. The molecule has 2 aliphatic rings. The lowest BCUT2D eigenvalue weighted by atomic mass is 9.94. The Morgan fingerprint density at radius 3 is 2.64 bits per heavy atom. The number of fused-ring (bicyclic) bond motifs is 1. The third-order valence-electron chi connectivity index (χ3n) is 5.04. The topological polar surface area (TPSA) is 121 Å². The number of nitrogens with zero attached hydrogens (tertiary/aromatic N) is 3. The number of aryl methyl sites for hydroxylation is 1. The first kappa shape index (κ1) is 22.8.